The van der Waals surface area contributed by atoms with E-state index in [4.69, 9.17) is 0 Å². The van der Waals surface area contributed by atoms with E-state index in [-0.39, 0.29) is 5.92 Å². The molecule has 1 aliphatic carbocycles. The number of hydrogen-bond donors (Lipinski definition) is 1. The molecule has 0 amide bonds. The molecule has 2 atom stereocenters. The maximum absolute atomic E-state index is 11.2. The summed E-state index contributed by atoms with van der Waals surface area (Å²) in [4.78, 5) is 21.8. The van der Waals surface area contributed by atoms with Crippen molar-refractivity contribution in [2.45, 2.75) is 38.6 Å². The Morgan fingerprint density at radius 2 is 2.30 bits per heavy atom. The molecule has 0 radical (unpaired) electrons. The van der Waals surface area contributed by atoms with Gasteiger partial charge in [0.05, 0.1) is 5.69 Å². The van der Waals surface area contributed by atoms with Gasteiger partial charge < -0.3 is 10.0 Å². The molecule has 1 aromatic heterocycles. The van der Waals surface area contributed by atoms with Crippen LogP contribution in [0.4, 0.5) is 5.13 Å². The summed E-state index contributed by atoms with van der Waals surface area (Å²) in [6, 6.07) is 0.530. The van der Waals surface area contributed by atoms with Crippen molar-refractivity contribution in [3.63, 3.8) is 0 Å². The summed E-state index contributed by atoms with van der Waals surface area (Å²) >= 11 is 1.69. The number of aliphatic carboxylic acids is 1. The first-order valence-corrected chi connectivity index (χ1v) is 8.13. The fourth-order valence-electron chi connectivity index (χ4n) is 3.23. The van der Waals surface area contributed by atoms with Crippen LogP contribution in [0.1, 0.15) is 36.8 Å². The molecule has 1 aromatic rings. The quantitative estimate of drug-likeness (QED) is 0.921. The Labute approximate surface area is 123 Å². The first-order chi connectivity index (χ1) is 9.60. The molecule has 5 nitrogen and oxygen atoms in total. The van der Waals surface area contributed by atoms with E-state index in [2.05, 4.69) is 28.6 Å². The highest BCUT2D eigenvalue weighted by molar-refractivity contribution is 7.15. The van der Waals surface area contributed by atoms with E-state index in [0.717, 1.165) is 43.4 Å². The van der Waals surface area contributed by atoms with Crippen molar-refractivity contribution in [3.8, 4) is 0 Å². The number of anilines is 1. The van der Waals surface area contributed by atoms with E-state index < -0.39 is 5.97 Å². The van der Waals surface area contributed by atoms with E-state index in [1.165, 1.54) is 4.88 Å². The van der Waals surface area contributed by atoms with Crippen molar-refractivity contribution >= 4 is 22.4 Å². The smallest absolute Gasteiger partial charge is 0.312 e. The normalized spacial score (nSPS) is 26.8. The molecule has 2 heterocycles. The first-order valence-electron chi connectivity index (χ1n) is 7.31. The first kappa shape index (κ1) is 13.8. The highest BCUT2D eigenvalue weighted by atomic mass is 32.1. The largest absolute Gasteiger partial charge is 0.481 e. The SMILES string of the molecule is CCN1CCN(c2nc3c(s2)CCC3C(=O)O)CC1C. The lowest BCUT2D eigenvalue weighted by molar-refractivity contribution is -0.138. The number of hydrogen-bond acceptors (Lipinski definition) is 5. The molecular formula is C14H21N3O2S. The van der Waals surface area contributed by atoms with Crippen LogP contribution in [0.15, 0.2) is 0 Å². The van der Waals surface area contributed by atoms with Crippen molar-refractivity contribution in [3.05, 3.63) is 10.6 Å². The molecule has 0 spiro atoms. The number of aromatic nitrogens is 1. The predicted molar refractivity (Wildman–Crippen MR) is 79.7 cm³/mol. The number of carboxylic acids is 1. The van der Waals surface area contributed by atoms with Gasteiger partial charge in [0, 0.05) is 30.6 Å². The fraction of sp³-hybridized carbons (Fsp3) is 0.714. The maximum Gasteiger partial charge on any atom is 0.312 e. The summed E-state index contributed by atoms with van der Waals surface area (Å²) in [5, 5.41) is 10.2. The van der Waals surface area contributed by atoms with E-state index in [0.29, 0.717) is 12.5 Å². The molecule has 3 rings (SSSR count). The second-order valence-corrected chi connectivity index (χ2v) is 6.72. The predicted octanol–water partition coefficient (Wildman–Crippen LogP) is 1.79. The Morgan fingerprint density at radius 3 is 2.95 bits per heavy atom. The number of rotatable bonds is 3. The van der Waals surface area contributed by atoms with Gasteiger partial charge in [0.1, 0.15) is 5.92 Å². The molecule has 1 N–H and O–H groups in total. The third-order valence-electron chi connectivity index (χ3n) is 4.45. The van der Waals surface area contributed by atoms with Crippen molar-refractivity contribution in [1.29, 1.82) is 0 Å². The maximum atomic E-state index is 11.2. The van der Waals surface area contributed by atoms with Gasteiger partial charge in [-0.25, -0.2) is 4.98 Å². The zero-order valence-electron chi connectivity index (χ0n) is 12.0. The molecule has 1 aliphatic heterocycles. The summed E-state index contributed by atoms with van der Waals surface area (Å²) in [5.74, 6) is -1.12. The molecule has 110 valence electrons. The number of fused-ring (bicyclic) bond motifs is 1. The Morgan fingerprint density at radius 1 is 1.50 bits per heavy atom. The molecule has 6 heteroatoms. The van der Waals surface area contributed by atoms with Crippen molar-refractivity contribution in [2.24, 2.45) is 0 Å². The molecule has 2 aliphatic rings. The second kappa shape index (κ2) is 5.33. The molecule has 0 aromatic carbocycles. The lowest BCUT2D eigenvalue weighted by Gasteiger charge is -2.39. The van der Waals surface area contributed by atoms with Crippen LogP contribution < -0.4 is 4.90 Å². The van der Waals surface area contributed by atoms with E-state index in [1.54, 1.807) is 11.3 Å². The molecule has 2 unspecified atom stereocenters. The van der Waals surface area contributed by atoms with Crippen LogP contribution in [0, 0.1) is 0 Å². The summed E-state index contributed by atoms with van der Waals surface area (Å²) < 4.78 is 0. The van der Waals surface area contributed by atoms with Gasteiger partial charge in [0.15, 0.2) is 5.13 Å². The lowest BCUT2D eigenvalue weighted by Crippen LogP contribution is -2.51. The highest BCUT2D eigenvalue weighted by Gasteiger charge is 2.34. The van der Waals surface area contributed by atoms with Crippen LogP contribution in [-0.2, 0) is 11.2 Å². The van der Waals surface area contributed by atoms with Crippen molar-refractivity contribution in [1.82, 2.24) is 9.88 Å². The van der Waals surface area contributed by atoms with Gasteiger partial charge in [-0.15, -0.1) is 11.3 Å². The van der Waals surface area contributed by atoms with Gasteiger partial charge in [-0.2, -0.15) is 0 Å². The Hall–Kier alpha value is -1.14. The standard InChI is InChI=1S/C14H21N3O2S/c1-3-16-6-7-17(8-9(16)2)14-15-12-10(13(18)19)4-5-11(12)20-14/h9-10H,3-8H2,1-2H3,(H,18,19). The number of carboxylic acid groups (broad SMARTS) is 1. The summed E-state index contributed by atoms with van der Waals surface area (Å²) in [7, 11) is 0. The molecule has 1 fully saturated rings. The van der Waals surface area contributed by atoms with Crippen LogP contribution in [0.5, 0.6) is 0 Å². The minimum atomic E-state index is -0.732. The van der Waals surface area contributed by atoms with Crippen molar-refractivity contribution in [2.75, 3.05) is 31.1 Å². The van der Waals surface area contributed by atoms with Gasteiger partial charge in [0.25, 0.3) is 0 Å². The average molecular weight is 295 g/mol. The van der Waals surface area contributed by atoms with Crippen molar-refractivity contribution < 1.29 is 9.90 Å². The number of likely N-dealkylation sites (N-methyl/N-ethyl adjacent to an activating group) is 1. The van der Waals surface area contributed by atoms with Crippen LogP contribution in [0.2, 0.25) is 0 Å². The Bertz CT molecular complexity index is 517. The van der Waals surface area contributed by atoms with E-state index in [1.807, 2.05) is 0 Å². The molecule has 1 saturated heterocycles. The van der Waals surface area contributed by atoms with Gasteiger partial charge in [-0.05, 0) is 26.3 Å². The number of thiazole rings is 1. The summed E-state index contributed by atoms with van der Waals surface area (Å²) in [5.41, 5.74) is 0.822. The average Bonchev–Trinajstić information content (AvgIpc) is 2.97. The third kappa shape index (κ3) is 2.31. The third-order valence-corrected chi connectivity index (χ3v) is 5.64. The number of aryl methyl sites for hydroxylation is 1. The van der Waals surface area contributed by atoms with Gasteiger partial charge >= 0.3 is 5.97 Å². The van der Waals surface area contributed by atoms with E-state index >= 15 is 0 Å². The minimum absolute atomic E-state index is 0.385. The molecule has 20 heavy (non-hydrogen) atoms. The van der Waals surface area contributed by atoms with Crippen LogP contribution >= 0.6 is 11.3 Å². The zero-order valence-corrected chi connectivity index (χ0v) is 12.8. The Balaban J connectivity index is 1.77. The summed E-state index contributed by atoms with van der Waals surface area (Å²) in [6.07, 6.45) is 1.58. The minimum Gasteiger partial charge on any atom is -0.481 e. The number of nitrogens with zero attached hydrogens (tertiary/aromatic N) is 3. The second-order valence-electron chi connectivity index (χ2n) is 5.66. The molecular weight excluding hydrogens is 274 g/mol. The monoisotopic (exact) mass is 295 g/mol. The van der Waals surface area contributed by atoms with Crippen LogP contribution in [0.25, 0.3) is 0 Å². The lowest BCUT2D eigenvalue weighted by atomic mass is 10.1. The van der Waals surface area contributed by atoms with E-state index in [9.17, 15) is 9.90 Å². The highest BCUT2D eigenvalue weighted by Crippen LogP contribution is 2.39. The fourth-order valence-corrected chi connectivity index (χ4v) is 4.40. The Kier molecular flexibility index (Phi) is 3.69. The summed E-state index contributed by atoms with van der Waals surface area (Å²) in [6.45, 7) is 8.56. The molecule has 0 saturated carbocycles. The topological polar surface area (TPSA) is 56.7 Å². The van der Waals surface area contributed by atoms with Gasteiger partial charge in [-0.3, -0.25) is 9.69 Å². The molecule has 0 bridgehead atoms. The van der Waals surface area contributed by atoms with Crippen LogP contribution in [-0.4, -0.2) is 53.2 Å². The van der Waals surface area contributed by atoms with Gasteiger partial charge in [-0.1, -0.05) is 6.92 Å². The number of carbonyl (C=O) groups is 1. The zero-order chi connectivity index (χ0) is 14.3. The van der Waals surface area contributed by atoms with Gasteiger partial charge in [0.2, 0.25) is 0 Å². The van der Waals surface area contributed by atoms with Crippen LogP contribution in [0.3, 0.4) is 0 Å². The number of piperazine rings is 1.